The predicted octanol–water partition coefficient (Wildman–Crippen LogP) is -19.8. The molecule has 56 heteroatoms. The zero-order chi connectivity index (χ0) is 106. The van der Waals surface area contributed by atoms with Gasteiger partial charge in [0.25, 0.3) is 0 Å². The molecular formula is C84H155N17O39. The Hall–Kier alpha value is -8.22. The summed E-state index contributed by atoms with van der Waals surface area (Å²) in [5.41, 5.74) is -16.2. The van der Waals surface area contributed by atoms with Gasteiger partial charge in [0.1, 0.15) is 69.0 Å². The molecule has 2 fully saturated rings. The van der Waals surface area contributed by atoms with E-state index in [0.717, 1.165) is 0 Å². The number of carboxylic acid groups (broad SMARTS) is 2. The number of rotatable bonds is 81. The van der Waals surface area contributed by atoms with Crippen molar-refractivity contribution in [2.75, 3.05) is 303 Å². The Morgan fingerprint density at radius 1 is 0.307 bits per heavy atom. The number of carbonyl (C=O) groups excluding carboxylic acids is 12. The topological polar surface area (TPSA) is 859 Å². The van der Waals surface area contributed by atoms with E-state index in [9.17, 15) is 180 Å². The molecule has 0 bridgehead atoms. The Labute approximate surface area is 810 Å². The summed E-state index contributed by atoms with van der Waals surface area (Å²) in [4.78, 5) is 205. The predicted molar refractivity (Wildman–Crippen MR) is 486 cm³/mol. The highest BCUT2D eigenvalue weighted by atomic mass is 16.5. The SMILES string of the molecule is CC1(N(CC=O)CC=O)CN(C(CCC(=O)N(CCN(CCC(=O)NC(CO)(CO)CO)CCC(=O)NC(CO)(CO)CO)CCN(CCC(=O)NC(CO)(CO)CO)CCC(=O)NC(CO)(CO)CO)C(=O)O)CCN(C(CCC(=O)N(CCN(CCC(=O)NC(CO)(CO)CO)CCC(=O)NC(CO)(CO)CO)CCN(CCC(=O)NC(CO)(CO)CO)CCC(=O)NC2(CO)COC2)C(=O)O)C1. The van der Waals surface area contributed by atoms with Gasteiger partial charge in [-0.15, -0.1) is 0 Å². The second-order valence-corrected chi connectivity index (χ2v) is 36.2. The largest absolute Gasteiger partial charge is 0.480 e. The van der Waals surface area contributed by atoms with Gasteiger partial charge >= 0.3 is 11.9 Å². The van der Waals surface area contributed by atoms with Gasteiger partial charge in [0.05, 0.1) is 172 Å². The Balaban J connectivity index is 3.04. The molecule has 0 aromatic carbocycles. The number of aliphatic hydroxyl groups excluding tert-OH is 22. The van der Waals surface area contributed by atoms with Crippen LogP contribution < -0.4 is 42.5 Å². The summed E-state index contributed by atoms with van der Waals surface area (Å²) >= 11 is 0. The first-order valence-electron chi connectivity index (χ1n) is 46.0. The van der Waals surface area contributed by atoms with Crippen LogP contribution in [0.5, 0.6) is 0 Å². The summed E-state index contributed by atoms with van der Waals surface area (Å²) in [6, 6.07) is -3.46. The van der Waals surface area contributed by atoms with Crippen molar-refractivity contribution in [2.24, 2.45) is 0 Å². The standard InChI is InChI=1S/C84H155N17O39/c1-76(101(32-34-102)33-35-103)36-99(62(74(136)137)2-4-72(134)97(26-22-93(14-6-64(126)85-77(38-104,39-105)40-106)15-7-65(127)86-78(41-107,42-108)43-109)27-23-94(16-8-66(128)87-79(44-110,45-111)46-112)17-9-67(129)88-80(47-113,48-114)49-115)30-31-100(37-76)63(75(138)139)3-5-73(135)98(28-24-95(18-10-68(130)89-81(50-116,51-117)52-118)19-11-69(131)90-82(53-119,54-120)55-121)29-25-96(20-12-70(132)91-83(56-122,57-123)58-124)21-13-71(133)92-84(59-125)60-140-61-84/h34-35,62-63,104-125H,2-33,36-61H2,1H3,(H,85,126)(H,86,127)(H,87,128)(H,88,129)(H,89,130)(H,90,131)(H,91,132)(H,92,133)(H,136,137)(H,138,139). The number of carbonyl (C=O) groups is 14. The van der Waals surface area contributed by atoms with E-state index >= 15 is 9.59 Å². The Kier molecular flexibility index (Phi) is 59.6. The molecule has 32 N–H and O–H groups in total. The van der Waals surface area contributed by atoms with E-state index in [1.807, 2.05) is 0 Å². The molecule has 0 aliphatic carbocycles. The Morgan fingerprint density at radius 3 is 0.671 bits per heavy atom. The van der Waals surface area contributed by atoms with Crippen molar-refractivity contribution in [1.29, 1.82) is 0 Å². The minimum atomic E-state index is -1.93. The van der Waals surface area contributed by atoms with Crippen molar-refractivity contribution in [3.8, 4) is 0 Å². The zero-order valence-corrected chi connectivity index (χ0v) is 79.7. The molecule has 140 heavy (non-hydrogen) atoms. The van der Waals surface area contributed by atoms with Crippen molar-refractivity contribution in [3.05, 3.63) is 0 Å². The van der Waals surface area contributed by atoms with Crippen molar-refractivity contribution < 1.29 is 194 Å². The number of ether oxygens (including phenoxy) is 1. The van der Waals surface area contributed by atoms with E-state index in [1.54, 1.807) is 4.90 Å². The van der Waals surface area contributed by atoms with Crippen molar-refractivity contribution in [2.45, 2.75) is 146 Å². The molecule has 0 radical (unpaired) electrons. The van der Waals surface area contributed by atoms with Gasteiger partial charge in [-0.05, 0) is 19.8 Å². The van der Waals surface area contributed by atoms with Crippen molar-refractivity contribution in [3.63, 3.8) is 0 Å². The zero-order valence-electron chi connectivity index (χ0n) is 79.7. The monoisotopic (exact) mass is 2030 g/mol. The van der Waals surface area contributed by atoms with Crippen LogP contribution in [-0.4, -0.2) is 615 Å². The van der Waals surface area contributed by atoms with Gasteiger partial charge < -0.3 is 209 Å². The molecule has 0 saturated carbocycles. The first-order valence-corrected chi connectivity index (χ1v) is 46.0. The van der Waals surface area contributed by atoms with Crippen LogP contribution in [0.15, 0.2) is 0 Å². The average Bonchev–Trinajstić information content (AvgIpc) is 1.63. The molecular weight excluding hydrogens is 1870 g/mol. The number of aldehydes is 2. The van der Waals surface area contributed by atoms with Crippen LogP contribution in [-0.2, 0) is 71.9 Å². The summed E-state index contributed by atoms with van der Waals surface area (Å²) in [5.74, 6) is -11.4. The average molecular weight is 2030 g/mol. The fourth-order valence-electron chi connectivity index (χ4n) is 15.0. The van der Waals surface area contributed by atoms with Crippen LogP contribution in [0.1, 0.15) is 84.0 Å². The number of aliphatic carboxylic acids is 2. The molecule has 3 atom stereocenters. The van der Waals surface area contributed by atoms with Gasteiger partial charge in [-0.1, -0.05) is 0 Å². The molecule has 0 spiro atoms. The Bertz CT molecular complexity index is 3430. The van der Waals surface area contributed by atoms with Gasteiger partial charge in [-0.2, -0.15) is 0 Å². The van der Waals surface area contributed by atoms with Gasteiger partial charge in [-0.3, -0.25) is 72.2 Å². The third-order valence-corrected chi connectivity index (χ3v) is 25.2. The number of carboxylic acids is 2. The Morgan fingerprint density at radius 2 is 0.507 bits per heavy atom. The van der Waals surface area contributed by atoms with E-state index in [4.69, 9.17) is 4.74 Å². The maximum Gasteiger partial charge on any atom is 0.320 e. The third-order valence-electron chi connectivity index (χ3n) is 25.2. The van der Waals surface area contributed by atoms with E-state index in [1.165, 1.54) is 46.1 Å². The lowest BCUT2D eigenvalue weighted by Gasteiger charge is -2.44. The summed E-state index contributed by atoms with van der Waals surface area (Å²) in [5, 5.41) is 263. The first-order chi connectivity index (χ1) is 66.5. The fraction of sp³-hybridized carbons (Fsp3) is 0.833. The van der Waals surface area contributed by atoms with Crippen molar-refractivity contribution >= 4 is 83.6 Å². The molecule has 3 unspecified atom stereocenters. The molecule has 2 aliphatic heterocycles. The highest BCUT2D eigenvalue weighted by molar-refractivity contribution is 5.83. The van der Waals surface area contributed by atoms with E-state index in [2.05, 4.69) is 42.5 Å². The van der Waals surface area contributed by atoms with Crippen LogP contribution in [0.2, 0.25) is 0 Å². The maximum atomic E-state index is 15.4. The number of hydrogen-bond acceptors (Lipinski definition) is 44. The normalized spacial score (nSPS) is 15.7. The van der Waals surface area contributed by atoms with E-state index in [0.29, 0.717) is 12.6 Å². The molecule has 10 amide bonds. The van der Waals surface area contributed by atoms with Crippen molar-refractivity contribution in [1.82, 2.24) is 86.6 Å². The van der Waals surface area contributed by atoms with Crippen LogP contribution in [0.3, 0.4) is 0 Å². The fourth-order valence-corrected chi connectivity index (χ4v) is 15.0. The molecule has 2 heterocycles. The smallest absolute Gasteiger partial charge is 0.320 e. The quantitative estimate of drug-likeness (QED) is 0.0251. The van der Waals surface area contributed by atoms with E-state index in [-0.39, 0.29) is 124 Å². The lowest BCUT2D eigenvalue weighted by atomic mass is 9.95. The molecule has 2 aliphatic rings. The van der Waals surface area contributed by atoms with Gasteiger partial charge in [0.2, 0.25) is 59.1 Å². The lowest BCUT2D eigenvalue weighted by molar-refractivity contribution is -0.146. The number of amides is 10. The summed E-state index contributed by atoms with van der Waals surface area (Å²) < 4.78 is 5.22. The molecule has 2 saturated heterocycles. The summed E-state index contributed by atoms with van der Waals surface area (Å²) in [7, 11) is 0. The minimum Gasteiger partial charge on any atom is -0.480 e. The molecule has 810 valence electrons. The van der Waals surface area contributed by atoms with E-state index < -0.39 is 388 Å². The number of nitrogens with zero attached hydrogens (tertiary/aromatic N) is 9. The molecule has 0 aromatic heterocycles. The second kappa shape index (κ2) is 65.2. The highest BCUT2D eigenvalue weighted by Gasteiger charge is 2.46. The first kappa shape index (κ1) is 128. The minimum absolute atomic E-state index is 0.0392. The second-order valence-electron chi connectivity index (χ2n) is 36.2. The summed E-state index contributed by atoms with van der Waals surface area (Å²) in [6.45, 7) is -26.3. The van der Waals surface area contributed by atoms with Crippen LogP contribution in [0.25, 0.3) is 0 Å². The highest BCUT2D eigenvalue weighted by Crippen LogP contribution is 2.28. The van der Waals surface area contributed by atoms with Crippen LogP contribution >= 0.6 is 0 Å². The van der Waals surface area contributed by atoms with Gasteiger partial charge in [0.15, 0.2) is 0 Å². The molecule has 2 rings (SSSR count). The number of aliphatic hydroxyl groups is 22. The lowest BCUT2D eigenvalue weighted by Crippen LogP contribution is -2.64. The third kappa shape index (κ3) is 41.8. The number of nitrogens with one attached hydrogen (secondary N) is 8. The van der Waals surface area contributed by atoms with Crippen LogP contribution in [0, 0.1) is 0 Å². The molecule has 56 nitrogen and oxygen atoms in total. The maximum absolute atomic E-state index is 15.4. The molecule has 0 aromatic rings. The van der Waals surface area contributed by atoms with Gasteiger partial charge in [-0.25, -0.2) is 0 Å². The van der Waals surface area contributed by atoms with Gasteiger partial charge in [0, 0.05) is 201 Å². The summed E-state index contributed by atoms with van der Waals surface area (Å²) in [6.07, 6.45) is -5.51. The number of hydrogen-bond donors (Lipinski definition) is 32. The van der Waals surface area contributed by atoms with Crippen LogP contribution in [0.4, 0.5) is 0 Å².